The van der Waals surface area contributed by atoms with Crippen molar-refractivity contribution in [2.45, 2.75) is 25.4 Å². The standard InChI is InChI=1S/C24H24N6O3S/c1-33-19-6-2-4-15-7-8-17(27-21(15)19)13-26-18-5-3-11-30(14-18)23-25-10-9-16(28-23)12-20-22(31)29-24(32)34-20/h2,4,6-10,12,18,26H,3,5,11,13-14H2,1H3,(H,29,31,32)/b20-12+. The predicted molar refractivity (Wildman–Crippen MR) is 132 cm³/mol. The van der Waals surface area contributed by atoms with Crippen LogP contribution in [-0.2, 0) is 11.3 Å². The fraction of sp³-hybridized carbons (Fsp3) is 0.292. The van der Waals surface area contributed by atoms with Gasteiger partial charge in [-0.1, -0.05) is 18.2 Å². The SMILES string of the molecule is COc1cccc2ccc(CNC3CCCN(c4nccc(/C=C5/SC(=O)NC5=O)n4)C3)nc12. The number of carbonyl (C=O) groups excluding carboxylic acids is 2. The maximum Gasteiger partial charge on any atom is 0.290 e. The molecule has 5 rings (SSSR count). The van der Waals surface area contributed by atoms with Crippen molar-refractivity contribution in [3.05, 3.63) is 58.9 Å². The van der Waals surface area contributed by atoms with E-state index in [2.05, 4.69) is 31.6 Å². The molecule has 9 nitrogen and oxygen atoms in total. The van der Waals surface area contributed by atoms with Gasteiger partial charge in [-0.3, -0.25) is 14.9 Å². The largest absolute Gasteiger partial charge is 0.494 e. The number of rotatable bonds is 6. The van der Waals surface area contributed by atoms with Crippen LogP contribution in [-0.4, -0.2) is 52.3 Å². The summed E-state index contributed by atoms with van der Waals surface area (Å²) in [5, 5.41) is 6.56. The van der Waals surface area contributed by atoms with Gasteiger partial charge in [0.25, 0.3) is 11.1 Å². The summed E-state index contributed by atoms with van der Waals surface area (Å²) in [7, 11) is 1.66. The van der Waals surface area contributed by atoms with Gasteiger partial charge in [-0.15, -0.1) is 0 Å². The van der Waals surface area contributed by atoms with E-state index in [-0.39, 0.29) is 11.3 Å². The van der Waals surface area contributed by atoms with E-state index in [9.17, 15) is 9.59 Å². The molecule has 0 saturated carbocycles. The second-order valence-corrected chi connectivity index (χ2v) is 9.15. The summed E-state index contributed by atoms with van der Waals surface area (Å²) in [6.45, 7) is 2.28. The smallest absolute Gasteiger partial charge is 0.290 e. The lowest BCUT2D eigenvalue weighted by Gasteiger charge is -2.33. The fourth-order valence-electron chi connectivity index (χ4n) is 4.15. The van der Waals surface area contributed by atoms with Crippen molar-refractivity contribution in [3.63, 3.8) is 0 Å². The Morgan fingerprint density at radius 2 is 2.15 bits per heavy atom. The highest BCUT2D eigenvalue weighted by molar-refractivity contribution is 8.18. The molecule has 2 saturated heterocycles. The van der Waals surface area contributed by atoms with Gasteiger partial charge in [-0.05, 0) is 48.9 Å². The van der Waals surface area contributed by atoms with E-state index >= 15 is 0 Å². The summed E-state index contributed by atoms with van der Waals surface area (Å²) in [6, 6.07) is 12.0. The van der Waals surface area contributed by atoms with Crippen molar-refractivity contribution in [1.29, 1.82) is 0 Å². The van der Waals surface area contributed by atoms with E-state index in [1.54, 1.807) is 25.4 Å². The monoisotopic (exact) mass is 476 g/mol. The highest BCUT2D eigenvalue weighted by Crippen LogP contribution is 2.26. The minimum atomic E-state index is -0.391. The molecule has 2 amide bonds. The van der Waals surface area contributed by atoms with Gasteiger partial charge in [0.05, 0.1) is 23.4 Å². The number of para-hydroxylation sites is 1. The van der Waals surface area contributed by atoms with Gasteiger partial charge in [-0.2, -0.15) is 0 Å². The second kappa shape index (κ2) is 9.78. The number of piperidine rings is 1. The minimum Gasteiger partial charge on any atom is -0.494 e. The summed E-state index contributed by atoms with van der Waals surface area (Å²) in [5.74, 6) is 0.995. The molecule has 1 atom stereocenters. The maximum absolute atomic E-state index is 11.8. The van der Waals surface area contributed by atoms with Crippen LogP contribution >= 0.6 is 11.8 Å². The second-order valence-electron chi connectivity index (χ2n) is 8.13. The number of thioether (sulfide) groups is 1. The normalized spacial score (nSPS) is 19.6. The van der Waals surface area contributed by atoms with E-state index in [1.165, 1.54) is 0 Å². The van der Waals surface area contributed by atoms with Crippen molar-refractivity contribution >= 4 is 45.8 Å². The van der Waals surface area contributed by atoms with Gasteiger partial charge in [0.15, 0.2) is 0 Å². The Hall–Kier alpha value is -3.50. The van der Waals surface area contributed by atoms with Gasteiger partial charge in [0.2, 0.25) is 5.95 Å². The van der Waals surface area contributed by atoms with Crippen molar-refractivity contribution in [1.82, 2.24) is 25.6 Å². The number of anilines is 1. The molecule has 10 heteroatoms. The highest BCUT2D eigenvalue weighted by atomic mass is 32.2. The average Bonchev–Trinajstić information content (AvgIpc) is 3.18. The molecule has 2 N–H and O–H groups in total. The van der Waals surface area contributed by atoms with Gasteiger partial charge in [0, 0.05) is 37.3 Å². The molecule has 1 unspecified atom stereocenters. The highest BCUT2D eigenvalue weighted by Gasteiger charge is 2.26. The van der Waals surface area contributed by atoms with Crippen molar-refractivity contribution in [2.75, 3.05) is 25.1 Å². The molecular weight excluding hydrogens is 452 g/mol. The molecule has 4 heterocycles. The first-order valence-corrected chi connectivity index (χ1v) is 11.9. The Balaban J connectivity index is 1.25. The lowest BCUT2D eigenvalue weighted by Crippen LogP contribution is -2.46. The molecule has 2 aromatic heterocycles. The van der Waals surface area contributed by atoms with E-state index in [4.69, 9.17) is 9.72 Å². The van der Waals surface area contributed by atoms with Crippen LogP contribution < -0.4 is 20.3 Å². The van der Waals surface area contributed by atoms with Gasteiger partial charge >= 0.3 is 0 Å². The summed E-state index contributed by atoms with van der Waals surface area (Å²) >= 11 is 0.881. The molecule has 2 aliphatic rings. The van der Waals surface area contributed by atoms with Crippen molar-refractivity contribution in [3.8, 4) is 5.75 Å². The molecule has 0 spiro atoms. The predicted octanol–water partition coefficient (Wildman–Crippen LogP) is 3.12. The number of nitrogens with one attached hydrogen (secondary N) is 2. The third-order valence-corrected chi connectivity index (χ3v) is 6.63. The van der Waals surface area contributed by atoms with Crippen LogP contribution in [0.25, 0.3) is 17.0 Å². The van der Waals surface area contributed by atoms with E-state index in [0.29, 0.717) is 23.1 Å². The Morgan fingerprint density at radius 1 is 1.24 bits per heavy atom. The third kappa shape index (κ3) is 4.87. The molecule has 34 heavy (non-hydrogen) atoms. The van der Waals surface area contributed by atoms with E-state index < -0.39 is 5.91 Å². The zero-order valence-corrected chi connectivity index (χ0v) is 19.5. The number of aromatic nitrogens is 3. The van der Waals surface area contributed by atoms with E-state index in [1.807, 2.05) is 24.3 Å². The van der Waals surface area contributed by atoms with Crippen molar-refractivity contribution in [2.24, 2.45) is 0 Å². The Kier molecular flexibility index (Phi) is 6.41. The zero-order chi connectivity index (χ0) is 23.5. The summed E-state index contributed by atoms with van der Waals surface area (Å²) in [4.78, 5) is 39.5. The first-order chi connectivity index (χ1) is 16.6. The lowest BCUT2D eigenvalue weighted by atomic mass is 10.1. The zero-order valence-electron chi connectivity index (χ0n) is 18.7. The molecule has 3 aromatic rings. The number of amides is 2. The van der Waals surface area contributed by atoms with Gasteiger partial charge in [-0.25, -0.2) is 15.0 Å². The quantitative estimate of drug-likeness (QED) is 0.519. The number of carbonyl (C=O) groups is 2. The van der Waals surface area contributed by atoms with Crippen molar-refractivity contribution < 1.29 is 14.3 Å². The molecule has 1 aromatic carbocycles. The van der Waals surface area contributed by atoms with Crippen LogP contribution in [0.3, 0.4) is 0 Å². The van der Waals surface area contributed by atoms with Crippen LogP contribution in [0.2, 0.25) is 0 Å². The van der Waals surface area contributed by atoms with Crippen LogP contribution in [0.4, 0.5) is 10.7 Å². The molecule has 2 fully saturated rings. The van der Waals surface area contributed by atoms with Crippen LogP contribution in [0, 0.1) is 0 Å². The number of fused-ring (bicyclic) bond motifs is 1. The Bertz CT molecular complexity index is 1280. The number of benzene rings is 1. The number of nitrogens with zero attached hydrogens (tertiary/aromatic N) is 4. The Labute approximate surface area is 201 Å². The molecule has 2 aliphatic heterocycles. The van der Waals surface area contributed by atoms with Gasteiger partial charge < -0.3 is 15.0 Å². The minimum absolute atomic E-state index is 0.267. The summed E-state index contributed by atoms with van der Waals surface area (Å²) in [6.07, 6.45) is 5.36. The molecule has 0 bridgehead atoms. The number of hydrogen-bond acceptors (Lipinski definition) is 9. The van der Waals surface area contributed by atoms with Crippen LogP contribution in [0.5, 0.6) is 5.75 Å². The number of hydrogen-bond donors (Lipinski definition) is 2. The number of methoxy groups -OCH3 is 1. The molecule has 174 valence electrons. The summed E-state index contributed by atoms with van der Waals surface area (Å²) in [5.41, 5.74) is 2.42. The van der Waals surface area contributed by atoms with Crippen LogP contribution in [0.1, 0.15) is 24.2 Å². The lowest BCUT2D eigenvalue weighted by molar-refractivity contribution is -0.115. The number of ether oxygens (including phenoxy) is 1. The Morgan fingerprint density at radius 3 is 2.97 bits per heavy atom. The fourth-order valence-corrected chi connectivity index (χ4v) is 4.81. The molecule has 0 radical (unpaired) electrons. The molecule has 0 aliphatic carbocycles. The van der Waals surface area contributed by atoms with E-state index in [0.717, 1.165) is 60.0 Å². The van der Waals surface area contributed by atoms with Crippen LogP contribution in [0.15, 0.2) is 47.5 Å². The van der Waals surface area contributed by atoms with Gasteiger partial charge in [0.1, 0.15) is 11.3 Å². The third-order valence-electron chi connectivity index (χ3n) is 5.82. The average molecular weight is 477 g/mol. The molecular formula is C24H24N6O3S. The topological polar surface area (TPSA) is 109 Å². The number of imide groups is 1. The first kappa shape index (κ1) is 22.3. The summed E-state index contributed by atoms with van der Waals surface area (Å²) < 4.78 is 5.45. The maximum atomic E-state index is 11.8. The first-order valence-electron chi connectivity index (χ1n) is 11.1. The number of pyridine rings is 1.